The minimum atomic E-state index is -0.244. The molecule has 0 heterocycles. The summed E-state index contributed by atoms with van der Waals surface area (Å²) < 4.78 is 5.67. The van der Waals surface area contributed by atoms with Gasteiger partial charge in [0.25, 0.3) is 0 Å². The Bertz CT molecular complexity index is 1320. The van der Waals surface area contributed by atoms with Crippen LogP contribution in [0.3, 0.4) is 0 Å². The van der Waals surface area contributed by atoms with Crippen molar-refractivity contribution >= 4 is 17.7 Å². The molecule has 0 radical (unpaired) electrons. The number of rotatable bonds is 7. The van der Waals surface area contributed by atoms with Crippen molar-refractivity contribution in [1.29, 1.82) is 0 Å². The van der Waals surface area contributed by atoms with E-state index in [1.807, 2.05) is 19.1 Å². The molecule has 4 heteroatoms. The van der Waals surface area contributed by atoms with Crippen LogP contribution >= 0.6 is 11.8 Å². The van der Waals surface area contributed by atoms with Gasteiger partial charge in [-0.05, 0) is 105 Å². The van der Waals surface area contributed by atoms with E-state index in [1.54, 1.807) is 0 Å². The highest BCUT2D eigenvalue weighted by Crippen LogP contribution is 2.40. The number of phenolic OH excluding ortho intramolecular Hbond substituents is 1. The predicted molar refractivity (Wildman–Crippen MR) is 177 cm³/mol. The average Bonchev–Trinajstić information content (AvgIpc) is 2.81. The van der Waals surface area contributed by atoms with Gasteiger partial charge < -0.3 is 9.84 Å². The first kappa shape index (κ1) is 31.2. The summed E-state index contributed by atoms with van der Waals surface area (Å²) in [6.07, 6.45) is 6.26. The molecule has 1 atom stereocenters. The van der Waals surface area contributed by atoms with Crippen LogP contribution in [0.1, 0.15) is 93.7 Å². The number of carbonyl (C=O) groups is 1. The minimum Gasteiger partial charge on any atom is -0.507 e. The minimum absolute atomic E-state index is 0. The van der Waals surface area contributed by atoms with Crippen LogP contribution in [0.4, 0.5) is 0 Å². The lowest BCUT2D eigenvalue weighted by atomic mass is 9.78. The van der Waals surface area contributed by atoms with E-state index in [0.717, 1.165) is 16.7 Å². The Morgan fingerprint density at radius 2 is 1.43 bits per heavy atom. The highest BCUT2D eigenvalue weighted by Gasteiger charge is 2.26. The van der Waals surface area contributed by atoms with Crippen molar-refractivity contribution in [2.75, 3.05) is 5.75 Å². The third-order valence-electron chi connectivity index (χ3n) is 5.12. The molecule has 0 saturated carbocycles. The number of ether oxygens (including phenoxy) is 1. The number of terminal acetylenes is 1. The molecule has 0 aliphatic rings. The van der Waals surface area contributed by atoms with Gasteiger partial charge in [-0.2, -0.15) is 0 Å². The summed E-state index contributed by atoms with van der Waals surface area (Å²) in [5, 5.41) is 13.8. The van der Waals surface area contributed by atoms with Crippen LogP contribution in [0.5, 0.6) is 5.75 Å². The molecule has 0 aliphatic carbocycles. The first-order valence-electron chi connectivity index (χ1n) is 12.0. The zero-order valence-electron chi connectivity index (χ0n) is 22.8. The lowest BCUT2D eigenvalue weighted by Gasteiger charge is -2.28. The van der Waals surface area contributed by atoms with E-state index >= 15 is 0 Å². The number of aromatic hydroxyl groups is 1. The zero-order valence-corrected chi connectivity index (χ0v) is 23.6. The Hall–Kier alpha value is -3.80. The first-order chi connectivity index (χ1) is 17.4. The fourth-order valence-electron chi connectivity index (χ4n) is 3.16. The molecule has 1 aromatic carbocycles. The average molecular weight is 533 g/mol. The molecule has 1 N–H and O–H groups in total. The number of carbonyl (C=O) groups excluding carboxylic acids is 1. The smallest absolute Gasteiger partial charge is 0.306 e. The fraction of sp³-hybridized carbons (Fsp3) is 0.424. The van der Waals surface area contributed by atoms with E-state index in [2.05, 4.69) is 106 Å². The monoisotopic (exact) mass is 532 g/mol. The molecule has 37 heavy (non-hydrogen) atoms. The van der Waals surface area contributed by atoms with Crippen LogP contribution in [0.2, 0.25) is 0 Å². The Labute approximate surface area is 244 Å². The standard InChI is InChI=1S/C33H34O3S.11H2/c1-9-11-12-13-14-15-16-17-18-19-22-37-25-27(10-2)36-30(34)21-20-26-23-28(32(3,4)5)31(35)29(24-26)33(6,7)8;;;;;;;;;;;/h1,23-24,27,35H,10,20-21,25H2,2-8H3;11*1H. The number of phenols is 1. The van der Waals surface area contributed by atoms with Gasteiger partial charge in [-0.25, -0.2) is 0 Å². The van der Waals surface area contributed by atoms with Crippen LogP contribution in [0.25, 0.3) is 0 Å². The van der Waals surface area contributed by atoms with Gasteiger partial charge in [-0.15, -0.1) is 6.42 Å². The lowest BCUT2D eigenvalue weighted by molar-refractivity contribution is -0.148. The highest BCUT2D eigenvalue weighted by atomic mass is 32.2. The summed E-state index contributed by atoms with van der Waals surface area (Å²) in [6, 6.07) is 4.01. The number of hydrogen-bond acceptors (Lipinski definition) is 4. The van der Waals surface area contributed by atoms with Crippen molar-refractivity contribution in [3.63, 3.8) is 0 Å². The van der Waals surface area contributed by atoms with Crippen LogP contribution in [0.15, 0.2) is 12.1 Å². The van der Waals surface area contributed by atoms with E-state index in [4.69, 9.17) is 11.2 Å². The number of thioether (sulfide) groups is 1. The van der Waals surface area contributed by atoms with Gasteiger partial charge in [0.05, 0.1) is 0 Å². The normalized spacial score (nSPS) is 10.6. The molecule has 0 bridgehead atoms. The molecule has 0 aromatic heterocycles. The maximum absolute atomic E-state index is 12.6. The van der Waals surface area contributed by atoms with Crippen molar-refractivity contribution in [3.8, 4) is 76.6 Å². The molecular weight excluding hydrogens is 476 g/mol. The summed E-state index contributed by atoms with van der Waals surface area (Å²) in [5.74, 6) is 25.6. The summed E-state index contributed by atoms with van der Waals surface area (Å²) in [4.78, 5) is 12.6. The van der Waals surface area contributed by atoms with Crippen LogP contribution < -0.4 is 0 Å². The number of esters is 1. The third kappa shape index (κ3) is 12.1. The van der Waals surface area contributed by atoms with Crippen molar-refractivity contribution in [2.45, 2.75) is 84.7 Å². The molecule has 0 aliphatic heterocycles. The second-order valence-electron chi connectivity index (χ2n) is 10.2. The van der Waals surface area contributed by atoms with Gasteiger partial charge >= 0.3 is 5.97 Å². The summed E-state index contributed by atoms with van der Waals surface area (Å²) >= 11 is 1.35. The van der Waals surface area contributed by atoms with Crippen LogP contribution in [0, 0.1) is 70.9 Å². The molecule has 1 unspecified atom stereocenters. The second kappa shape index (κ2) is 15.3. The number of aryl methyl sites for hydroxylation is 1. The Morgan fingerprint density at radius 3 is 1.89 bits per heavy atom. The molecular formula is C33H56O3S. The molecule has 0 spiro atoms. The van der Waals surface area contributed by atoms with E-state index in [1.165, 1.54) is 11.8 Å². The van der Waals surface area contributed by atoms with Gasteiger partial charge in [0.15, 0.2) is 0 Å². The van der Waals surface area contributed by atoms with Crippen molar-refractivity contribution in [2.24, 2.45) is 0 Å². The summed E-state index contributed by atoms with van der Waals surface area (Å²) in [5.41, 5.74) is 2.37. The van der Waals surface area contributed by atoms with Gasteiger partial charge in [0, 0.05) is 27.9 Å². The quantitative estimate of drug-likeness (QED) is 0.283. The SMILES string of the molecule is C#CC#CC#CC#CC#CC#CSCC(CC)OC(=O)CCc1cc(C(C)(C)C)c(O)c(C(C)(C)C)c1.[HH].[HH].[HH].[HH].[HH].[HH].[HH].[HH].[HH].[HH].[HH]. The molecule has 1 aromatic rings. The predicted octanol–water partition coefficient (Wildman–Crippen LogP) is 8.29. The Balaban J connectivity index is -0.000000138. The van der Waals surface area contributed by atoms with Crippen molar-refractivity contribution in [3.05, 3.63) is 28.8 Å². The van der Waals surface area contributed by atoms with Crippen molar-refractivity contribution in [1.82, 2.24) is 0 Å². The summed E-state index contributed by atoms with van der Waals surface area (Å²) in [7, 11) is 0. The van der Waals surface area contributed by atoms with E-state index in [9.17, 15) is 9.90 Å². The second-order valence-corrected chi connectivity index (χ2v) is 11.1. The molecule has 0 saturated heterocycles. The molecule has 3 nitrogen and oxygen atoms in total. The highest BCUT2D eigenvalue weighted by molar-refractivity contribution is 8.03. The molecule has 212 valence electrons. The largest absolute Gasteiger partial charge is 0.507 e. The fourth-order valence-corrected chi connectivity index (χ4v) is 3.86. The van der Waals surface area contributed by atoms with E-state index in [0.29, 0.717) is 24.3 Å². The number of hydrogen-bond donors (Lipinski definition) is 1. The lowest BCUT2D eigenvalue weighted by Crippen LogP contribution is -2.20. The molecule has 0 fully saturated rings. The van der Waals surface area contributed by atoms with Gasteiger partial charge in [0.1, 0.15) is 11.9 Å². The van der Waals surface area contributed by atoms with Gasteiger partial charge in [0.2, 0.25) is 0 Å². The van der Waals surface area contributed by atoms with E-state index < -0.39 is 0 Å². The Kier molecular flexibility index (Phi) is 12.9. The first-order valence-corrected chi connectivity index (χ1v) is 13.0. The zero-order chi connectivity index (χ0) is 27.9. The maximum atomic E-state index is 12.6. The maximum Gasteiger partial charge on any atom is 0.306 e. The van der Waals surface area contributed by atoms with Crippen LogP contribution in [-0.4, -0.2) is 22.9 Å². The third-order valence-corrected chi connectivity index (χ3v) is 5.91. The summed E-state index contributed by atoms with van der Waals surface area (Å²) in [6.45, 7) is 14.4. The van der Waals surface area contributed by atoms with Crippen LogP contribution in [-0.2, 0) is 26.8 Å². The topological polar surface area (TPSA) is 46.5 Å². The Morgan fingerprint density at radius 1 is 0.946 bits per heavy atom. The number of benzene rings is 1. The van der Waals surface area contributed by atoms with Gasteiger partial charge in [-0.3, -0.25) is 4.79 Å². The van der Waals surface area contributed by atoms with Crippen molar-refractivity contribution < 1.29 is 30.3 Å². The van der Waals surface area contributed by atoms with E-state index in [-0.39, 0.29) is 45.0 Å². The molecule has 1 rings (SSSR count). The molecule has 0 amide bonds. The van der Waals surface area contributed by atoms with Gasteiger partial charge in [-0.1, -0.05) is 72.4 Å².